The van der Waals surface area contributed by atoms with E-state index in [2.05, 4.69) is 4.99 Å². The lowest BCUT2D eigenvalue weighted by Gasteiger charge is -2.10. The van der Waals surface area contributed by atoms with Crippen LogP contribution in [0, 0.1) is 0 Å². The number of hydrogen-bond acceptors (Lipinski definition) is 7. The van der Waals surface area contributed by atoms with Crippen molar-refractivity contribution >= 4 is 30.0 Å². The summed E-state index contributed by atoms with van der Waals surface area (Å²) in [5.74, 6) is -0.0195. The Morgan fingerprint density at radius 2 is 1.88 bits per heavy atom. The minimum absolute atomic E-state index is 0.104. The van der Waals surface area contributed by atoms with E-state index in [4.69, 9.17) is 18.6 Å². The number of carbonyl (C=O) groups is 2. The van der Waals surface area contributed by atoms with E-state index in [0.29, 0.717) is 23.7 Å². The van der Waals surface area contributed by atoms with Crippen LogP contribution < -0.4 is 9.47 Å². The van der Waals surface area contributed by atoms with Crippen molar-refractivity contribution in [3.8, 4) is 11.5 Å². The fourth-order valence-electron chi connectivity index (χ4n) is 2.91. The molecule has 32 heavy (non-hydrogen) atoms. The Balaban J connectivity index is 1.53. The summed E-state index contributed by atoms with van der Waals surface area (Å²) in [7, 11) is 0. The molecule has 1 aliphatic rings. The highest BCUT2D eigenvalue weighted by Crippen LogP contribution is 2.30. The van der Waals surface area contributed by atoms with Crippen LogP contribution in [-0.4, -0.2) is 24.4 Å². The number of ether oxygens (including phenoxy) is 3. The first-order valence-electron chi connectivity index (χ1n) is 9.90. The number of esters is 2. The van der Waals surface area contributed by atoms with Gasteiger partial charge in [-0.15, -0.1) is 0 Å². The number of nitrogens with zero attached hydrogens (tertiary/aromatic N) is 1. The second-order valence-electron chi connectivity index (χ2n) is 6.62. The molecule has 0 aliphatic carbocycles. The molecule has 0 saturated carbocycles. The molecule has 0 unspecified atom stereocenters. The van der Waals surface area contributed by atoms with Gasteiger partial charge in [0.1, 0.15) is 0 Å². The molecule has 1 aromatic heterocycles. The molecular weight excluding hydrogens is 410 g/mol. The summed E-state index contributed by atoms with van der Waals surface area (Å²) in [6.45, 7) is 2.19. The molecule has 4 rings (SSSR count). The van der Waals surface area contributed by atoms with Crippen molar-refractivity contribution in [3.05, 3.63) is 95.6 Å². The zero-order chi connectivity index (χ0) is 22.3. The van der Waals surface area contributed by atoms with Crippen molar-refractivity contribution in [1.82, 2.24) is 0 Å². The van der Waals surface area contributed by atoms with E-state index in [1.165, 1.54) is 12.3 Å². The Hall–Kier alpha value is -4.39. The summed E-state index contributed by atoms with van der Waals surface area (Å²) in [5, 5.41) is 0. The van der Waals surface area contributed by atoms with E-state index in [9.17, 15) is 9.59 Å². The summed E-state index contributed by atoms with van der Waals surface area (Å²) < 4.78 is 21.4. The molecular formula is C25H19NO6. The third kappa shape index (κ3) is 5.02. The summed E-state index contributed by atoms with van der Waals surface area (Å²) >= 11 is 0. The summed E-state index contributed by atoms with van der Waals surface area (Å²) in [4.78, 5) is 28.6. The lowest BCUT2D eigenvalue weighted by atomic mass is 10.1. The smallest absolute Gasteiger partial charge is 0.363 e. The van der Waals surface area contributed by atoms with Crippen molar-refractivity contribution in [2.24, 2.45) is 4.99 Å². The van der Waals surface area contributed by atoms with Crippen LogP contribution in [0.2, 0.25) is 0 Å². The predicted molar refractivity (Wildman–Crippen MR) is 118 cm³/mol. The maximum atomic E-state index is 12.2. The highest BCUT2D eigenvalue weighted by atomic mass is 16.6. The zero-order valence-electron chi connectivity index (χ0n) is 17.2. The van der Waals surface area contributed by atoms with Gasteiger partial charge in [0.05, 0.1) is 12.9 Å². The minimum atomic E-state index is -0.587. The van der Waals surface area contributed by atoms with Gasteiger partial charge in [-0.25, -0.2) is 14.6 Å². The van der Waals surface area contributed by atoms with Crippen LogP contribution in [0.3, 0.4) is 0 Å². The molecule has 1 aliphatic heterocycles. The quantitative estimate of drug-likeness (QED) is 0.309. The number of aliphatic imine (C=N–C) groups is 1. The Labute approximate surface area is 184 Å². The molecule has 0 saturated heterocycles. The molecule has 0 spiro atoms. The van der Waals surface area contributed by atoms with E-state index < -0.39 is 11.9 Å². The van der Waals surface area contributed by atoms with Gasteiger partial charge < -0.3 is 18.6 Å². The Morgan fingerprint density at radius 3 is 2.62 bits per heavy atom. The first-order chi connectivity index (χ1) is 15.6. The van der Waals surface area contributed by atoms with Crippen LogP contribution in [0.5, 0.6) is 11.5 Å². The second-order valence-corrected chi connectivity index (χ2v) is 6.62. The van der Waals surface area contributed by atoms with Gasteiger partial charge in [0.15, 0.2) is 23.0 Å². The number of cyclic esters (lactones) is 1. The Bertz CT molecular complexity index is 1210. The topological polar surface area (TPSA) is 87.3 Å². The monoisotopic (exact) mass is 429 g/mol. The van der Waals surface area contributed by atoms with E-state index in [-0.39, 0.29) is 17.3 Å². The van der Waals surface area contributed by atoms with Crippen LogP contribution in [0.1, 0.15) is 23.8 Å². The molecule has 0 atom stereocenters. The van der Waals surface area contributed by atoms with Crippen molar-refractivity contribution in [3.63, 3.8) is 0 Å². The van der Waals surface area contributed by atoms with Gasteiger partial charge in [0, 0.05) is 6.08 Å². The van der Waals surface area contributed by atoms with E-state index in [1.54, 1.807) is 42.5 Å². The molecule has 160 valence electrons. The SMILES string of the molecule is CCOc1cc(/C=C2/N=C(c3ccco3)OC2=O)ccc1OC(=O)/C=C/c1ccccc1. The molecule has 3 aromatic rings. The van der Waals surface area contributed by atoms with Gasteiger partial charge in [-0.3, -0.25) is 0 Å². The molecule has 0 radical (unpaired) electrons. The molecule has 2 aromatic carbocycles. The molecule has 0 bridgehead atoms. The number of hydrogen-bond donors (Lipinski definition) is 0. The largest absolute Gasteiger partial charge is 0.490 e. The van der Waals surface area contributed by atoms with E-state index in [0.717, 1.165) is 5.56 Å². The van der Waals surface area contributed by atoms with Crippen molar-refractivity contribution in [2.75, 3.05) is 6.61 Å². The summed E-state index contributed by atoms with van der Waals surface area (Å²) in [5.41, 5.74) is 1.63. The van der Waals surface area contributed by atoms with Crippen LogP contribution in [-0.2, 0) is 14.3 Å². The molecule has 0 N–H and O–H groups in total. The average Bonchev–Trinajstić information content (AvgIpc) is 3.45. The van der Waals surface area contributed by atoms with E-state index >= 15 is 0 Å². The zero-order valence-corrected chi connectivity index (χ0v) is 17.2. The maximum absolute atomic E-state index is 12.2. The molecule has 0 amide bonds. The highest BCUT2D eigenvalue weighted by molar-refractivity contribution is 6.11. The van der Waals surface area contributed by atoms with Gasteiger partial charge in [-0.1, -0.05) is 36.4 Å². The fourth-order valence-corrected chi connectivity index (χ4v) is 2.91. The first-order valence-corrected chi connectivity index (χ1v) is 9.90. The lowest BCUT2D eigenvalue weighted by Crippen LogP contribution is -2.06. The maximum Gasteiger partial charge on any atom is 0.363 e. The molecule has 0 fully saturated rings. The molecule has 7 nitrogen and oxygen atoms in total. The average molecular weight is 429 g/mol. The number of benzene rings is 2. The normalized spacial score (nSPS) is 14.5. The minimum Gasteiger partial charge on any atom is -0.490 e. The lowest BCUT2D eigenvalue weighted by molar-refractivity contribution is -0.130. The van der Waals surface area contributed by atoms with Crippen LogP contribution in [0.25, 0.3) is 12.2 Å². The van der Waals surface area contributed by atoms with Crippen molar-refractivity contribution in [1.29, 1.82) is 0 Å². The third-order valence-electron chi connectivity index (χ3n) is 4.35. The Morgan fingerprint density at radius 1 is 1.03 bits per heavy atom. The van der Waals surface area contributed by atoms with Crippen molar-refractivity contribution < 1.29 is 28.2 Å². The number of rotatable bonds is 7. The molecule has 2 heterocycles. The summed E-state index contributed by atoms with van der Waals surface area (Å²) in [6, 6.07) is 17.7. The van der Waals surface area contributed by atoms with Crippen molar-refractivity contribution in [2.45, 2.75) is 6.92 Å². The first kappa shape index (κ1) is 20.9. The van der Waals surface area contributed by atoms with Crippen LogP contribution in [0.4, 0.5) is 0 Å². The predicted octanol–water partition coefficient (Wildman–Crippen LogP) is 4.64. The van der Waals surface area contributed by atoms with E-state index in [1.807, 2.05) is 37.3 Å². The number of carbonyl (C=O) groups excluding carboxylic acids is 2. The van der Waals surface area contributed by atoms with Gasteiger partial charge in [0.2, 0.25) is 0 Å². The van der Waals surface area contributed by atoms with Crippen LogP contribution >= 0.6 is 0 Å². The second kappa shape index (κ2) is 9.61. The Kier molecular flexibility index (Phi) is 6.27. The third-order valence-corrected chi connectivity index (χ3v) is 4.35. The summed E-state index contributed by atoms with van der Waals surface area (Å²) in [6.07, 6.45) is 6.04. The standard InChI is InChI=1S/C25H19NO6/c1-2-29-22-16-18(15-19-25(28)32-24(26-19)21-9-6-14-30-21)10-12-20(22)31-23(27)13-11-17-7-4-3-5-8-17/h3-16H,2H2,1H3/b13-11+,19-15+. The highest BCUT2D eigenvalue weighted by Gasteiger charge is 2.26. The van der Waals surface area contributed by atoms with Gasteiger partial charge >= 0.3 is 11.9 Å². The van der Waals surface area contributed by atoms with Gasteiger partial charge in [0.25, 0.3) is 5.90 Å². The fraction of sp³-hybridized carbons (Fsp3) is 0.0800. The molecule has 7 heteroatoms. The van der Waals surface area contributed by atoms with Gasteiger partial charge in [-0.05, 0) is 54.5 Å². The number of furan rings is 1. The van der Waals surface area contributed by atoms with Crippen LogP contribution in [0.15, 0.2) is 88.1 Å². The van der Waals surface area contributed by atoms with Gasteiger partial charge in [-0.2, -0.15) is 0 Å².